The standard InChI is InChI=1S/C18H21N3O5/c1-2-18(12-7-4-3-5-8-12)16(25)21(17(26)19-18)11-14(22)20-10-6-9-13(20)15(23)24/h3-5,7-8,13H,2,6,9-11H2,1H3,(H,19,26)(H,23,24)/t13-,18+/m1/s1. The molecule has 8 heteroatoms. The molecule has 0 saturated carbocycles. The van der Waals surface area contributed by atoms with E-state index in [1.807, 2.05) is 6.07 Å². The highest BCUT2D eigenvalue weighted by Gasteiger charge is 2.52. The molecule has 2 atom stereocenters. The molecule has 2 aliphatic heterocycles. The number of hydrogen-bond donors (Lipinski definition) is 2. The van der Waals surface area contributed by atoms with E-state index in [9.17, 15) is 24.3 Å². The summed E-state index contributed by atoms with van der Waals surface area (Å²) >= 11 is 0. The second kappa shape index (κ2) is 6.78. The van der Waals surface area contributed by atoms with Crippen LogP contribution in [0.25, 0.3) is 0 Å². The Hall–Kier alpha value is -2.90. The highest BCUT2D eigenvalue weighted by Crippen LogP contribution is 2.32. The van der Waals surface area contributed by atoms with Gasteiger partial charge in [0.15, 0.2) is 0 Å². The number of likely N-dealkylation sites (tertiary alicyclic amines) is 1. The van der Waals surface area contributed by atoms with Gasteiger partial charge in [0.05, 0.1) is 0 Å². The van der Waals surface area contributed by atoms with Gasteiger partial charge in [-0.05, 0) is 24.8 Å². The van der Waals surface area contributed by atoms with Crippen LogP contribution in [0.1, 0.15) is 31.7 Å². The fourth-order valence-electron chi connectivity index (χ4n) is 3.68. The molecule has 0 spiro atoms. The first-order valence-electron chi connectivity index (χ1n) is 8.62. The van der Waals surface area contributed by atoms with Crippen molar-refractivity contribution in [3.63, 3.8) is 0 Å². The number of imide groups is 1. The number of urea groups is 1. The van der Waals surface area contributed by atoms with Gasteiger partial charge in [-0.15, -0.1) is 0 Å². The van der Waals surface area contributed by atoms with Gasteiger partial charge < -0.3 is 15.3 Å². The van der Waals surface area contributed by atoms with Crippen molar-refractivity contribution in [2.45, 2.75) is 37.8 Å². The number of nitrogens with zero attached hydrogens (tertiary/aromatic N) is 2. The average molecular weight is 359 g/mol. The van der Waals surface area contributed by atoms with Crippen LogP contribution in [0.3, 0.4) is 0 Å². The van der Waals surface area contributed by atoms with E-state index in [0.717, 1.165) is 4.90 Å². The zero-order chi connectivity index (χ0) is 18.9. The van der Waals surface area contributed by atoms with Crippen molar-refractivity contribution in [2.75, 3.05) is 13.1 Å². The first-order chi connectivity index (χ1) is 12.4. The van der Waals surface area contributed by atoms with Crippen molar-refractivity contribution in [2.24, 2.45) is 0 Å². The average Bonchev–Trinajstić information content (AvgIpc) is 3.22. The fraction of sp³-hybridized carbons (Fsp3) is 0.444. The number of carboxylic acid groups (broad SMARTS) is 1. The van der Waals surface area contributed by atoms with Gasteiger partial charge >= 0.3 is 12.0 Å². The van der Waals surface area contributed by atoms with Crippen LogP contribution >= 0.6 is 0 Å². The lowest BCUT2D eigenvalue weighted by Crippen LogP contribution is -2.48. The molecule has 4 amide bonds. The van der Waals surface area contributed by atoms with Crippen molar-refractivity contribution >= 4 is 23.8 Å². The Balaban J connectivity index is 1.81. The van der Waals surface area contributed by atoms with E-state index >= 15 is 0 Å². The van der Waals surface area contributed by atoms with Gasteiger partial charge in [0, 0.05) is 6.54 Å². The number of amides is 4. The SMILES string of the molecule is CC[C@@]1(c2ccccc2)NC(=O)N(CC(=O)N2CCC[C@@H]2C(=O)O)C1=O. The normalized spacial score (nSPS) is 25.5. The molecule has 2 aliphatic rings. The Bertz CT molecular complexity index is 750. The van der Waals surface area contributed by atoms with Gasteiger partial charge in [-0.3, -0.25) is 14.5 Å². The molecule has 2 N–H and O–H groups in total. The van der Waals surface area contributed by atoms with Crippen LogP contribution in [0, 0.1) is 0 Å². The van der Waals surface area contributed by atoms with Crippen LogP contribution in [0.15, 0.2) is 30.3 Å². The number of aliphatic carboxylic acids is 1. The summed E-state index contributed by atoms with van der Waals surface area (Å²) in [4.78, 5) is 51.3. The molecular formula is C18H21N3O5. The van der Waals surface area contributed by atoms with E-state index in [2.05, 4.69) is 5.32 Å². The molecule has 2 heterocycles. The second-order valence-corrected chi connectivity index (χ2v) is 6.53. The highest BCUT2D eigenvalue weighted by molar-refractivity contribution is 6.09. The monoisotopic (exact) mass is 359 g/mol. The molecule has 8 nitrogen and oxygen atoms in total. The van der Waals surface area contributed by atoms with Gasteiger partial charge in [0.1, 0.15) is 18.1 Å². The number of carboxylic acids is 1. The maximum atomic E-state index is 13.0. The molecule has 0 unspecified atom stereocenters. The van der Waals surface area contributed by atoms with Crippen molar-refractivity contribution in [3.05, 3.63) is 35.9 Å². The Labute approximate surface area is 150 Å². The number of nitrogens with one attached hydrogen (secondary N) is 1. The molecule has 3 rings (SSSR count). The topological polar surface area (TPSA) is 107 Å². The number of hydrogen-bond acceptors (Lipinski definition) is 4. The first-order valence-corrected chi connectivity index (χ1v) is 8.62. The third-order valence-corrected chi connectivity index (χ3v) is 5.12. The lowest BCUT2D eigenvalue weighted by Gasteiger charge is -2.26. The summed E-state index contributed by atoms with van der Waals surface area (Å²) in [6.07, 6.45) is 1.31. The van der Waals surface area contributed by atoms with Crippen molar-refractivity contribution in [3.8, 4) is 0 Å². The van der Waals surface area contributed by atoms with Crippen LogP contribution in [0.4, 0.5) is 4.79 Å². The molecule has 138 valence electrons. The lowest BCUT2D eigenvalue weighted by atomic mass is 9.87. The van der Waals surface area contributed by atoms with Gasteiger partial charge in [0.2, 0.25) is 5.91 Å². The first kappa shape index (κ1) is 17.9. The molecule has 1 aromatic carbocycles. The summed E-state index contributed by atoms with van der Waals surface area (Å²) in [6.45, 7) is 1.65. The van der Waals surface area contributed by atoms with Gasteiger partial charge in [0.25, 0.3) is 5.91 Å². The smallest absolute Gasteiger partial charge is 0.326 e. The molecule has 0 aromatic heterocycles. The summed E-state index contributed by atoms with van der Waals surface area (Å²) in [5.41, 5.74) is -0.545. The zero-order valence-electron chi connectivity index (χ0n) is 14.5. The van der Waals surface area contributed by atoms with Crippen molar-refractivity contribution < 1.29 is 24.3 Å². The predicted octanol–water partition coefficient (Wildman–Crippen LogP) is 0.919. The molecule has 2 saturated heterocycles. The fourth-order valence-corrected chi connectivity index (χ4v) is 3.68. The second-order valence-electron chi connectivity index (χ2n) is 6.53. The number of carbonyl (C=O) groups is 4. The van der Waals surface area contributed by atoms with E-state index in [-0.39, 0.29) is 0 Å². The Morgan fingerprint density at radius 2 is 1.96 bits per heavy atom. The summed E-state index contributed by atoms with van der Waals surface area (Å²) in [5.74, 6) is -2.09. The highest BCUT2D eigenvalue weighted by atomic mass is 16.4. The molecule has 26 heavy (non-hydrogen) atoms. The summed E-state index contributed by atoms with van der Waals surface area (Å²) in [7, 11) is 0. The quantitative estimate of drug-likeness (QED) is 0.760. The largest absolute Gasteiger partial charge is 0.480 e. The minimum atomic E-state index is -1.20. The maximum Gasteiger partial charge on any atom is 0.326 e. The number of rotatable bonds is 5. The number of carbonyl (C=O) groups excluding carboxylic acids is 3. The predicted molar refractivity (Wildman–Crippen MR) is 91.0 cm³/mol. The Kier molecular flexibility index (Phi) is 4.67. The lowest BCUT2D eigenvalue weighted by molar-refractivity contribution is -0.149. The van der Waals surface area contributed by atoms with Crippen LogP contribution < -0.4 is 5.32 Å². The van der Waals surface area contributed by atoms with E-state index in [4.69, 9.17) is 0 Å². The number of benzene rings is 1. The van der Waals surface area contributed by atoms with E-state index in [1.165, 1.54) is 4.90 Å². The van der Waals surface area contributed by atoms with E-state index in [0.29, 0.717) is 31.4 Å². The molecule has 2 fully saturated rings. The molecular weight excluding hydrogens is 338 g/mol. The third-order valence-electron chi connectivity index (χ3n) is 5.12. The molecule has 0 radical (unpaired) electrons. The molecule has 0 bridgehead atoms. The summed E-state index contributed by atoms with van der Waals surface area (Å²) < 4.78 is 0. The Morgan fingerprint density at radius 3 is 2.58 bits per heavy atom. The zero-order valence-corrected chi connectivity index (χ0v) is 14.5. The Morgan fingerprint density at radius 1 is 1.27 bits per heavy atom. The van der Waals surface area contributed by atoms with Crippen molar-refractivity contribution in [1.29, 1.82) is 0 Å². The van der Waals surface area contributed by atoms with Gasteiger partial charge in [-0.25, -0.2) is 9.59 Å². The molecule has 1 aromatic rings. The third kappa shape index (κ3) is 2.81. The minimum absolute atomic E-state index is 0.317. The van der Waals surface area contributed by atoms with Crippen molar-refractivity contribution in [1.82, 2.24) is 15.1 Å². The molecule has 0 aliphatic carbocycles. The van der Waals surface area contributed by atoms with Gasteiger partial charge in [-0.1, -0.05) is 37.3 Å². The minimum Gasteiger partial charge on any atom is -0.480 e. The van der Waals surface area contributed by atoms with Crippen LogP contribution in [0.2, 0.25) is 0 Å². The van der Waals surface area contributed by atoms with Crippen LogP contribution in [-0.2, 0) is 19.9 Å². The summed E-state index contributed by atoms with van der Waals surface area (Å²) in [6, 6.07) is 7.36. The van der Waals surface area contributed by atoms with Crippen LogP contribution in [-0.4, -0.2) is 57.9 Å². The maximum absolute atomic E-state index is 13.0. The van der Waals surface area contributed by atoms with E-state index < -0.39 is 41.9 Å². The van der Waals surface area contributed by atoms with Gasteiger partial charge in [-0.2, -0.15) is 0 Å². The van der Waals surface area contributed by atoms with E-state index in [1.54, 1.807) is 31.2 Å². The van der Waals surface area contributed by atoms with Crippen LogP contribution in [0.5, 0.6) is 0 Å². The summed E-state index contributed by atoms with van der Waals surface area (Å²) in [5, 5.41) is 11.9.